The normalized spacial score (nSPS) is 25.1. The van der Waals surface area contributed by atoms with Crippen molar-refractivity contribution in [3.05, 3.63) is 0 Å². The number of aliphatic hydroxyl groups is 4. The van der Waals surface area contributed by atoms with E-state index >= 15 is 0 Å². The van der Waals surface area contributed by atoms with E-state index < -0.39 is 169 Å². The number of carboxylic acids is 1. The zero-order valence-electron chi connectivity index (χ0n) is 46.1. The highest BCUT2D eigenvalue weighted by molar-refractivity contribution is 5.76. The number of nitrogens with one attached hydrogen (secondary N) is 5. The summed E-state index contributed by atoms with van der Waals surface area (Å²) in [5.41, 5.74) is -4.93. The highest BCUT2D eigenvalue weighted by Crippen LogP contribution is 2.30. The summed E-state index contributed by atoms with van der Waals surface area (Å²) in [6, 6.07) is -4.36. The molecule has 75 heavy (non-hydrogen) atoms. The average Bonchev–Trinajstić information content (AvgIpc) is 3.20. The van der Waals surface area contributed by atoms with Gasteiger partial charge in [0.2, 0.25) is 0 Å². The van der Waals surface area contributed by atoms with Gasteiger partial charge in [-0.1, -0.05) is 0 Å². The molecule has 2 aliphatic rings. The fraction of sp³-hybridized carbons (Fsp3) is 0.854. The van der Waals surface area contributed by atoms with E-state index in [2.05, 4.69) is 26.6 Å². The summed E-state index contributed by atoms with van der Waals surface area (Å²) in [6.45, 7) is 24.1. The van der Waals surface area contributed by atoms with Crippen molar-refractivity contribution in [2.24, 2.45) is 0 Å². The number of hydrogen-bond acceptors (Lipinski definition) is 21. The molecule has 0 spiro atoms. The predicted molar refractivity (Wildman–Crippen MR) is 262 cm³/mol. The molecule has 27 heteroatoms. The highest BCUT2D eigenvalue weighted by atomic mass is 16.7. The van der Waals surface area contributed by atoms with Crippen molar-refractivity contribution in [3.8, 4) is 0 Å². The van der Waals surface area contributed by atoms with Gasteiger partial charge in [0.15, 0.2) is 12.6 Å². The summed E-state index contributed by atoms with van der Waals surface area (Å²) in [7, 11) is 0. The van der Waals surface area contributed by atoms with Crippen LogP contribution in [0.4, 0.5) is 24.0 Å². The fourth-order valence-electron chi connectivity index (χ4n) is 7.08. The molecule has 10 N–H and O–H groups in total. The Bertz CT molecular complexity index is 1890. The summed E-state index contributed by atoms with van der Waals surface area (Å²) >= 11 is 0. The first-order valence-electron chi connectivity index (χ1n) is 24.8. The van der Waals surface area contributed by atoms with E-state index in [0.717, 1.165) is 0 Å². The summed E-state index contributed by atoms with van der Waals surface area (Å²) in [6.07, 6.45) is -23.4. The molecular weight excluding hydrogens is 999 g/mol. The topological polar surface area (TPSA) is 373 Å². The van der Waals surface area contributed by atoms with Gasteiger partial charge < -0.3 is 99.5 Å². The monoisotopic (exact) mass is 1080 g/mol. The van der Waals surface area contributed by atoms with Crippen molar-refractivity contribution >= 4 is 42.4 Å². The lowest BCUT2D eigenvalue weighted by molar-refractivity contribution is -0.308. The van der Waals surface area contributed by atoms with Crippen LogP contribution >= 0.6 is 0 Å². The van der Waals surface area contributed by atoms with E-state index in [4.69, 9.17) is 52.5 Å². The summed E-state index contributed by atoms with van der Waals surface area (Å²) in [5, 5.41) is 68.7. The molecule has 5 unspecified atom stereocenters. The van der Waals surface area contributed by atoms with Crippen LogP contribution < -0.4 is 26.6 Å². The Morgan fingerprint density at radius 2 is 1.08 bits per heavy atom. The molecule has 2 aliphatic heterocycles. The van der Waals surface area contributed by atoms with Crippen LogP contribution in [0.15, 0.2) is 0 Å². The van der Waals surface area contributed by atoms with Crippen LogP contribution in [0.1, 0.15) is 136 Å². The van der Waals surface area contributed by atoms with Crippen molar-refractivity contribution in [2.75, 3.05) is 19.7 Å². The SMILES string of the molecule is C[C@H](O[C@H]1OC(COC(=O)CCC(=O)O)[C@@H](O)[C@H](NC(=O)OC(C)(C)C)C1O)C(O)C(O[C@H]1O[C@H](CNC(=O)OC(C)(C)C)[C@@H](O)CC1NC(=O)OC(C)(C)C)[C@H](CCNC(=O)OC(C)(C)C)NC(=O)OC(C)(C)C. The molecule has 0 aromatic heterocycles. The molecule has 0 radical (unpaired) electrons. The zero-order chi connectivity index (χ0) is 57.6. The number of hydrogen-bond donors (Lipinski definition) is 10. The number of aliphatic carboxylic acids is 1. The largest absolute Gasteiger partial charge is 0.481 e. The smallest absolute Gasteiger partial charge is 0.408 e. The maximum absolute atomic E-state index is 13.7. The third kappa shape index (κ3) is 26.0. The molecule has 0 aliphatic carbocycles. The molecular formula is C48H85N5O22. The van der Waals surface area contributed by atoms with E-state index in [9.17, 15) is 54.0 Å². The number of carbonyl (C=O) groups is 7. The van der Waals surface area contributed by atoms with Gasteiger partial charge in [-0.2, -0.15) is 0 Å². The Labute approximate surface area is 438 Å². The Morgan fingerprint density at radius 3 is 1.60 bits per heavy atom. The molecule has 2 fully saturated rings. The first-order valence-corrected chi connectivity index (χ1v) is 24.8. The fourth-order valence-corrected chi connectivity index (χ4v) is 7.08. The first kappa shape index (κ1) is 66.1. The number of ether oxygens (including phenoxy) is 10. The average molecular weight is 1080 g/mol. The van der Waals surface area contributed by atoms with Gasteiger partial charge in [-0.25, -0.2) is 24.0 Å². The van der Waals surface area contributed by atoms with Crippen molar-refractivity contribution in [1.29, 1.82) is 0 Å². The van der Waals surface area contributed by atoms with Crippen LogP contribution in [0.3, 0.4) is 0 Å². The van der Waals surface area contributed by atoms with Gasteiger partial charge in [-0.05, 0) is 117 Å². The van der Waals surface area contributed by atoms with E-state index in [1.54, 1.807) is 104 Å². The summed E-state index contributed by atoms with van der Waals surface area (Å²) < 4.78 is 57.2. The molecule has 27 nitrogen and oxygen atoms in total. The molecule has 0 aromatic carbocycles. The van der Waals surface area contributed by atoms with Gasteiger partial charge in [-0.15, -0.1) is 0 Å². The minimum atomic E-state index is -1.98. The maximum atomic E-state index is 13.7. The Morgan fingerprint density at radius 1 is 0.600 bits per heavy atom. The summed E-state index contributed by atoms with van der Waals surface area (Å²) in [5.74, 6) is -2.27. The minimum Gasteiger partial charge on any atom is -0.481 e. The molecule has 2 rings (SSSR count). The van der Waals surface area contributed by atoms with Crippen LogP contribution in [-0.2, 0) is 57.0 Å². The lowest BCUT2D eigenvalue weighted by Crippen LogP contribution is -2.66. The number of carboxylic acid groups (broad SMARTS) is 1. The van der Waals surface area contributed by atoms with E-state index in [1.165, 1.54) is 6.92 Å². The molecule has 0 aromatic rings. The molecule has 2 saturated heterocycles. The quantitative estimate of drug-likeness (QED) is 0.0618. The van der Waals surface area contributed by atoms with E-state index in [1.807, 2.05) is 0 Å². The number of carbonyl (C=O) groups excluding carboxylic acids is 6. The van der Waals surface area contributed by atoms with Crippen LogP contribution in [0.25, 0.3) is 0 Å². The second-order valence-corrected chi connectivity index (χ2v) is 23.2. The molecule has 2 heterocycles. The van der Waals surface area contributed by atoms with E-state index in [-0.39, 0.29) is 25.9 Å². The summed E-state index contributed by atoms with van der Waals surface area (Å²) in [4.78, 5) is 89.2. The zero-order valence-corrected chi connectivity index (χ0v) is 46.1. The third-order valence-electron chi connectivity index (χ3n) is 10.1. The van der Waals surface area contributed by atoms with Crippen molar-refractivity contribution in [2.45, 2.75) is 244 Å². The van der Waals surface area contributed by atoms with Gasteiger partial charge in [0, 0.05) is 19.5 Å². The van der Waals surface area contributed by atoms with Gasteiger partial charge >= 0.3 is 42.4 Å². The van der Waals surface area contributed by atoms with Crippen LogP contribution in [0.5, 0.6) is 0 Å². The Kier molecular flexibility index (Phi) is 24.5. The minimum absolute atomic E-state index is 0.253. The lowest BCUT2D eigenvalue weighted by atomic mass is 9.95. The van der Waals surface area contributed by atoms with Gasteiger partial charge in [-0.3, -0.25) is 9.59 Å². The molecule has 0 saturated carbocycles. The first-order chi connectivity index (χ1) is 34.1. The van der Waals surface area contributed by atoms with Gasteiger partial charge in [0.1, 0.15) is 71.2 Å². The third-order valence-corrected chi connectivity index (χ3v) is 10.1. The van der Waals surface area contributed by atoms with Crippen molar-refractivity contribution in [3.63, 3.8) is 0 Å². The van der Waals surface area contributed by atoms with Gasteiger partial charge in [0.25, 0.3) is 0 Å². The highest BCUT2D eigenvalue weighted by Gasteiger charge is 2.50. The maximum Gasteiger partial charge on any atom is 0.408 e. The molecule has 13 atom stereocenters. The number of aliphatic hydroxyl groups excluding tert-OH is 4. The Balaban J connectivity index is 2.77. The second kappa shape index (κ2) is 27.8. The van der Waals surface area contributed by atoms with Crippen LogP contribution in [0, 0.1) is 0 Å². The number of alkyl carbamates (subject to hydrolysis) is 5. The molecule has 0 bridgehead atoms. The molecule has 434 valence electrons. The predicted octanol–water partition coefficient (Wildman–Crippen LogP) is 2.59. The number of esters is 1. The second-order valence-electron chi connectivity index (χ2n) is 23.2. The number of amides is 5. The van der Waals surface area contributed by atoms with Gasteiger partial charge in [0.05, 0.1) is 43.2 Å². The van der Waals surface area contributed by atoms with Crippen LogP contribution in [0.2, 0.25) is 0 Å². The van der Waals surface area contributed by atoms with Crippen molar-refractivity contribution < 1.29 is 106 Å². The standard InChI is InChI=1S/C48H85N5O22/c1-24(67-38-35(60)32(53-43(65)75-48(14,15)16)34(59)29(69-38)23-66-31(57)18-17-30(55)56)33(58)36(25(51-41(63)73-46(8,9)10)19-20-49-39(61)71-44(2,3)4)70-37-26(52-42(64)74-47(11,12)13)21-27(54)28(68-37)22-50-40(62)72-45(5,6)7/h24-29,32-38,54,58-60H,17-23H2,1-16H3,(H,49,61)(H,50,62)(H,51,63)(H,52,64)(H,53,65)(H,55,56)/t24-,25-,26?,27-,28+,29?,32-,33?,34+,35?,36?,37+,38-/m0/s1. The molecule has 5 amide bonds. The lowest BCUT2D eigenvalue weighted by Gasteiger charge is -2.45. The van der Waals surface area contributed by atoms with Crippen LogP contribution in [-0.4, -0.2) is 195 Å². The van der Waals surface area contributed by atoms with Crippen molar-refractivity contribution in [1.82, 2.24) is 26.6 Å². The Hall–Kier alpha value is -5.03. The number of rotatable bonds is 20. The van der Waals surface area contributed by atoms with E-state index in [0.29, 0.717) is 0 Å².